The zero-order valence-corrected chi connectivity index (χ0v) is 22.3. The molecule has 1 saturated carbocycles. The standard InChI is InChI=1S/C28H36FN5Si/c1-21-17-27(26(29)18-22-5-9-25(10-6-22)35(2,3)4)31-34(21)20-23-11-12-30-28(19-23)33-15-13-32(14-16-33)24-7-8-24/h5-6,9-12,17-19,24H,7-8,13-16,20H2,1-4H3/b26-18-. The van der Waals surface area contributed by atoms with E-state index in [0.717, 1.165) is 54.9 Å². The number of halogens is 1. The maximum atomic E-state index is 15.1. The van der Waals surface area contributed by atoms with E-state index in [1.54, 1.807) is 6.08 Å². The first-order chi connectivity index (χ1) is 16.8. The Morgan fingerprint density at radius 1 is 1.03 bits per heavy atom. The summed E-state index contributed by atoms with van der Waals surface area (Å²) in [5, 5.41) is 5.95. The van der Waals surface area contributed by atoms with Crippen molar-refractivity contribution < 1.29 is 4.39 Å². The van der Waals surface area contributed by atoms with Gasteiger partial charge in [0.25, 0.3) is 0 Å². The van der Waals surface area contributed by atoms with Crippen LogP contribution in [0.25, 0.3) is 11.9 Å². The van der Waals surface area contributed by atoms with E-state index in [1.807, 2.05) is 42.1 Å². The average molecular weight is 490 g/mol. The van der Waals surface area contributed by atoms with E-state index in [-0.39, 0.29) is 5.83 Å². The van der Waals surface area contributed by atoms with Crippen LogP contribution in [0.3, 0.4) is 0 Å². The molecule has 5 nitrogen and oxygen atoms in total. The molecular formula is C28H36FN5Si. The summed E-state index contributed by atoms with van der Waals surface area (Å²) in [5.74, 6) is 0.715. The molecule has 0 atom stereocenters. The first-order valence-corrected chi connectivity index (χ1v) is 16.2. The number of rotatable bonds is 7. The van der Waals surface area contributed by atoms with Crippen LogP contribution in [0.1, 0.15) is 35.4 Å². The predicted molar refractivity (Wildman–Crippen MR) is 146 cm³/mol. The Kier molecular flexibility index (Phi) is 6.64. The van der Waals surface area contributed by atoms with Gasteiger partial charge in [-0.05, 0) is 55.2 Å². The van der Waals surface area contributed by atoms with Gasteiger partial charge in [-0.2, -0.15) is 5.10 Å². The van der Waals surface area contributed by atoms with E-state index >= 15 is 4.39 Å². The van der Waals surface area contributed by atoms with Crippen LogP contribution < -0.4 is 10.1 Å². The second-order valence-corrected chi connectivity index (χ2v) is 16.0. The zero-order chi connectivity index (χ0) is 24.6. The molecule has 2 aromatic heterocycles. The SMILES string of the molecule is Cc1cc(/C(F)=C/c2ccc([Si](C)(C)C)cc2)nn1Cc1ccnc(N2CCN(C3CC3)CC2)c1. The third-order valence-corrected chi connectivity index (χ3v) is 9.21. The van der Waals surface area contributed by atoms with Crippen molar-refractivity contribution in [3.05, 3.63) is 71.2 Å². The Morgan fingerprint density at radius 3 is 2.40 bits per heavy atom. The summed E-state index contributed by atoms with van der Waals surface area (Å²) in [5.41, 5.74) is 3.30. The molecular weight excluding hydrogens is 453 g/mol. The van der Waals surface area contributed by atoms with Crippen molar-refractivity contribution in [1.82, 2.24) is 19.7 Å². The molecule has 1 aromatic carbocycles. The van der Waals surface area contributed by atoms with Crippen LogP contribution in [0, 0.1) is 6.92 Å². The predicted octanol–water partition coefficient (Wildman–Crippen LogP) is 4.93. The molecule has 3 heterocycles. The van der Waals surface area contributed by atoms with Crippen LogP contribution in [0.4, 0.5) is 10.2 Å². The van der Waals surface area contributed by atoms with Gasteiger partial charge in [-0.3, -0.25) is 9.58 Å². The first kappa shape index (κ1) is 23.9. The number of hydrogen-bond acceptors (Lipinski definition) is 4. The fourth-order valence-electron chi connectivity index (χ4n) is 4.75. The van der Waals surface area contributed by atoms with Gasteiger partial charge in [-0.25, -0.2) is 9.37 Å². The van der Waals surface area contributed by atoms with Gasteiger partial charge in [0.05, 0.1) is 14.6 Å². The molecule has 184 valence electrons. The molecule has 2 aliphatic rings. The van der Waals surface area contributed by atoms with Crippen molar-refractivity contribution in [3.63, 3.8) is 0 Å². The third-order valence-electron chi connectivity index (χ3n) is 7.14. The number of anilines is 1. The Bertz CT molecular complexity index is 1200. The summed E-state index contributed by atoms with van der Waals surface area (Å²) in [6, 6.07) is 15.1. The van der Waals surface area contributed by atoms with Gasteiger partial charge < -0.3 is 4.90 Å². The third kappa shape index (κ3) is 5.73. The van der Waals surface area contributed by atoms with Crippen molar-refractivity contribution in [3.8, 4) is 0 Å². The molecule has 35 heavy (non-hydrogen) atoms. The Balaban J connectivity index is 1.26. The number of nitrogens with zero attached hydrogens (tertiary/aromatic N) is 5. The highest BCUT2D eigenvalue weighted by molar-refractivity contribution is 6.88. The van der Waals surface area contributed by atoms with E-state index in [0.29, 0.717) is 12.2 Å². The number of benzene rings is 1. The normalized spacial score (nSPS) is 17.7. The van der Waals surface area contributed by atoms with E-state index < -0.39 is 8.07 Å². The lowest BCUT2D eigenvalue weighted by molar-refractivity contribution is 0.247. The monoisotopic (exact) mass is 489 g/mol. The van der Waals surface area contributed by atoms with E-state index in [1.165, 1.54) is 18.0 Å². The molecule has 0 unspecified atom stereocenters. The molecule has 0 N–H and O–H groups in total. The topological polar surface area (TPSA) is 37.2 Å². The smallest absolute Gasteiger partial charge is 0.151 e. The lowest BCUT2D eigenvalue weighted by atomic mass is 10.2. The van der Waals surface area contributed by atoms with Crippen LogP contribution in [0.15, 0.2) is 48.7 Å². The fraction of sp³-hybridized carbons (Fsp3) is 0.429. The highest BCUT2D eigenvalue weighted by Gasteiger charge is 2.31. The molecule has 0 radical (unpaired) electrons. The van der Waals surface area contributed by atoms with Gasteiger partial charge in [0.1, 0.15) is 11.5 Å². The summed E-state index contributed by atoms with van der Waals surface area (Å²) < 4.78 is 16.9. The van der Waals surface area contributed by atoms with Crippen LogP contribution in [0.5, 0.6) is 0 Å². The number of pyridine rings is 1. The second-order valence-electron chi connectivity index (χ2n) is 11.0. The summed E-state index contributed by atoms with van der Waals surface area (Å²) >= 11 is 0. The van der Waals surface area contributed by atoms with Crippen molar-refractivity contribution in [2.75, 3.05) is 31.1 Å². The highest BCUT2D eigenvalue weighted by atomic mass is 28.3. The molecule has 0 amide bonds. The fourth-order valence-corrected chi connectivity index (χ4v) is 5.91. The molecule has 3 aromatic rings. The van der Waals surface area contributed by atoms with Gasteiger partial charge in [-0.1, -0.05) is 49.1 Å². The molecule has 0 bridgehead atoms. The van der Waals surface area contributed by atoms with Crippen LogP contribution >= 0.6 is 0 Å². The zero-order valence-electron chi connectivity index (χ0n) is 21.3. The molecule has 2 fully saturated rings. The average Bonchev–Trinajstić information content (AvgIpc) is 3.63. The minimum absolute atomic E-state index is 0.309. The van der Waals surface area contributed by atoms with Gasteiger partial charge >= 0.3 is 0 Å². The van der Waals surface area contributed by atoms with Crippen molar-refractivity contribution in [1.29, 1.82) is 0 Å². The number of aromatic nitrogens is 3. The van der Waals surface area contributed by atoms with Crippen molar-refractivity contribution in [2.24, 2.45) is 0 Å². The Morgan fingerprint density at radius 2 is 1.74 bits per heavy atom. The molecule has 0 spiro atoms. The van der Waals surface area contributed by atoms with Crippen molar-refractivity contribution >= 4 is 31.0 Å². The maximum absolute atomic E-state index is 15.1. The minimum atomic E-state index is -1.36. The summed E-state index contributed by atoms with van der Waals surface area (Å²) in [7, 11) is -1.36. The number of aryl methyl sites for hydroxylation is 1. The van der Waals surface area contributed by atoms with Crippen molar-refractivity contribution in [2.45, 2.75) is 52.0 Å². The van der Waals surface area contributed by atoms with Gasteiger partial charge in [-0.15, -0.1) is 0 Å². The quantitative estimate of drug-likeness (QED) is 0.441. The van der Waals surface area contributed by atoms with Gasteiger partial charge in [0.15, 0.2) is 5.83 Å². The van der Waals surface area contributed by atoms with E-state index in [2.05, 4.69) is 57.7 Å². The van der Waals surface area contributed by atoms with E-state index in [4.69, 9.17) is 0 Å². The molecule has 7 heteroatoms. The van der Waals surface area contributed by atoms with Gasteiger partial charge in [0.2, 0.25) is 0 Å². The molecule has 1 saturated heterocycles. The largest absolute Gasteiger partial charge is 0.354 e. The summed E-state index contributed by atoms with van der Waals surface area (Å²) in [6.07, 6.45) is 6.17. The minimum Gasteiger partial charge on any atom is -0.354 e. The van der Waals surface area contributed by atoms with Crippen LogP contribution in [0.2, 0.25) is 19.6 Å². The van der Waals surface area contributed by atoms with Crippen LogP contribution in [-0.4, -0.2) is 60.0 Å². The number of piperazine rings is 1. The first-order valence-electron chi connectivity index (χ1n) is 12.7. The van der Waals surface area contributed by atoms with E-state index in [9.17, 15) is 0 Å². The van der Waals surface area contributed by atoms with Crippen LogP contribution in [-0.2, 0) is 6.54 Å². The van der Waals surface area contributed by atoms with Gasteiger partial charge in [0, 0.05) is 44.1 Å². The second kappa shape index (κ2) is 9.70. The highest BCUT2D eigenvalue weighted by Crippen LogP contribution is 2.28. The number of hydrogen-bond donors (Lipinski definition) is 0. The Hall–Kier alpha value is -2.77. The Labute approximate surface area is 209 Å². The molecule has 1 aliphatic carbocycles. The molecule has 5 rings (SSSR count). The summed E-state index contributed by atoms with van der Waals surface area (Å²) in [6.45, 7) is 13.8. The lowest BCUT2D eigenvalue weighted by Crippen LogP contribution is -2.47. The summed E-state index contributed by atoms with van der Waals surface area (Å²) in [4.78, 5) is 9.61. The lowest BCUT2D eigenvalue weighted by Gasteiger charge is -2.35. The maximum Gasteiger partial charge on any atom is 0.151 e. The molecule has 1 aliphatic heterocycles.